The van der Waals surface area contributed by atoms with Crippen LogP contribution in [0.5, 0.6) is 0 Å². The average Bonchev–Trinajstić information content (AvgIpc) is 2.66. The number of aromatic amines is 1. The summed E-state index contributed by atoms with van der Waals surface area (Å²) < 4.78 is 5.44. The molecule has 1 aliphatic heterocycles. The number of amides is 1. The molecule has 5 aliphatic rings. The Morgan fingerprint density at radius 3 is 2.52 bits per heavy atom. The summed E-state index contributed by atoms with van der Waals surface area (Å²) in [5.74, 6) is 3.21. The predicted molar refractivity (Wildman–Crippen MR) is 101 cm³/mol. The van der Waals surface area contributed by atoms with Gasteiger partial charge in [0, 0.05) is 24.8 Å². The number of rotatable bonds is 4. The van der Waals surface area contributed by atoms with Crippen LogP contribution in [0.1, 0.15) is 67.5 Å². The minimum Gasteiger partial charge on any atom is -0.381 e. The molecule has 0 spiro atoms. The van der Waals surface area contributed by atoms with Crippen LogP contribution in [0.3, 0.4) is 0 Å². The molecule has 146 valence electrons. The van der Waals surface area contributed by atoms with E-state index in [1.807, 2.05) is 0 Å². The second-order valence-electron chi connectivity index (χ2n) is 9.47. The van der Waals surface area contributed by atoms with Crippen molar-refractivity contribution in [1.29, 1.82) is 0 Å². The smallest absolute Gasteiger partial charge is 0.263 e. The molecule has 5 fully saturated rings. The number of nitrogens with zero attached hydrogens (tertiary/aromatic N) is 1. The first-order valence-electron chi connectivity index (χ1n) is 10.6. The van der Waals surface area contributed by atoms with Crippen molar-refractivity contribution in [3.8, 4) is 0 Å². The van der Waals surface area contributed by atoms with E-state index in [1.165, 1.54) is 25.5 Å². The third-order valence-electron chi connectivity index (χ3n) is 7.39. The summed E-state index contributed by atoms with van der Waals surface area (Å²) >= 11 is 0. The van der Waals surface area contributed by atoms with Gasteiger partial charge in [0.25, 0.3) is 11.5 Å². The Labute approximate surface area is 159 Å². The van der Waals surface area contributed by atoms with Crippen LogP contribution in [0.2, 0.25) is 0 Å². The van der Waals surface area contributed by atoms with Gasteiger partial charge in [0.05, 0.1) is 6.61 Å². The van der Waals surface area contributed by atoms with Crippen LogP contribution in [0, 0.1) is 23.7 Å². The third-order valence-corrected chi connectivity index (χ3v) is 7.39. The average molecular weight is 371 g/mol. The van der Waals surface area contributed by atoms with Crippen molar-refractivity contribution in [2.24, 2.45) is 23.7 Å². The second-order valence-corrected chi connectivity index (χ2v) is 9.47. The van der Waals surface area contributed by atoms with Crippen LogP contribution in [0.25, 0.3) is 0 Å². The molecule has 4 saturated carbocycles. The topological polar surface area (TPSA) is 84.1 Å². The first-order valence-corrected chi connectivity index (χ1v) is 10.6. The van der Waals surface area contributed by atoms with E-state index in [1.54, 1.807) is 0 Å². The lowest BCUT2D eigenvalue weighted by atomic mass is 9.49. The molecule has 1 aromatic rings. The molecular formula is C21H29N3O3. The molecule has 0 unspecified atom stereocenters. The maximum absolute atomic E-state index is 12.6. The van der Waals surface area contributed by atoms with Crippen molar-refractivity contribution in [3.05, 3.63) is 27.9 Å². The Hall–Kier alpha value is -1.69. The summed E-state index contributed by atoms with van der Waals surface area (Å²) in [4.78, 5) is 32.7. The second kappa shape index (κ2) is 6.73. The van der Waals surface area contributed by atoms with Crippen molar-refractivity contribution in [2.45, 2.75) is 56.8 Å². The molecule has 6 rings (SSSR count). The zero-order valence-electron chi connectivity index (χ0n) is 15.8. The largest absolute Gasteiger partial charge is 0.381 e. The Balaban J connectivity index is 1.31. The molecule has 1 aromatic heterocycles. The van der Waals surface area contributed by atoms with Crippen molar-refractivity contribution >= 4 is 5.91 Å². The van der Waals surface area contributed by atoms with Gasteiger partial charge < -0.3 is 15.0 Å². The molecular weight excluding hydrogens is 342 g/mol. The quantitative estimate of drug-likeness (QED) is 0.851. The van der Waals surface area contributed by atoms with Gasteiger partial charge in [-0.25, -0.2) is 4.98 Å². The van der Waals surface area contributed by atoms with Crippen LogP contribution >= 0.6 is 0 Å². The fraction of sp³-hybridized carbons (Fsp3) is 0.762. The molecule has 6 nitrogen and oxygen atoms in total. The highest BCUT2D eigenvalue weighted by Gasteiger charge is 2.52. The number of hydrogen-bond donors (Lipinski definition) is 2. The van der Waals surface area contributed by atoms with Crippen molar-refractivity contribution in [3.63, 3.8) is 0 Å². The van der Waals surface area contributed by atoms with E-state index in [0.717, 1.165) is 62.3 Å². The number of aromatic nitrogens is 2. The lowest BCUT2D eigenvalue weighted by molar-refractivity contribution is -0.00954. The van der Waals surface area contributed by atoms with E-state index >= 15 is 0 Å². The molecule has 4 bridgehead atoms. The molecule has 2 heterocycles. The van der Waals surface area contributed by atoms with Gasteiger partial charge in [-0.15, -0.1) is 0 Å². The van der Waals surface area contributed by atoms with Gasteiger partial charge in [-0.1, -0.05) is 0 Å². The Kier molecular flexibility index (Phi) is 4.34. The SMILES string of the molecule is O=C(NC[C@H]1CCCOC1)c1cnc(C23CC4CC(CC(C4)C2)C3)[nH]c1=O. The van der Waals surface area contributed by atoms with Gasteiger partial charge in [0.15, 0.2) is 0 Å². The summed E-state index contributed by atoms with van der Waals surface area (Å²) in [6.45, 7) is 2.04. The summed E-state index contributed by atoms with van der Waals surface area (Å²) in [6, 6.07) is 0. The molecule has 0 aromatic carbocycles. The van der Waals surface area contributed by atoms with Gasteiger partial charge in [-0.2, -0.15) is 0 Å². The molecule has 27 heavy (non-hydrogen) atoms. The van der Waals surface area contributed by atoms with E-state index in [2.05, 4.69) is 15.3 Å². The number of nitrogens with one attached hydrogen (secondary N) is 2. The monoisotopic (exact) mass is 371 g/mol. The summed E-state index contributed by atoms with van der Waals surface area (Å²) in [7, 11) is 0. The first kappa shape index (κ1) is 17.4. The summed E-state index contributed by atoms with van der Waals surface area (Å²) in [6.07, 6.45) is 11.1. The lowest BCUT2D eigenvalue weighted by Gasteiger charge is -2.56. The highest BCUT2D eigenvalue weighted by atomic mass is 16.5. The molecule has 4 aliphatic carbocycles. The molecule has 1 saturated heterocycles. The van der Waals surface area contributed by atoms with Crippen LogP contribution < -0.4 is 10.9 Å². The van der Waals surface area contributed by atoms with Crippen molar-refractivity contribution in [1.82, 2.24) is 15.3 Å². The fourth-order valence-corrected chi connectivity index (χ4v) is 6.53. The molecule has 2 N–H and O–H groups in total. The van der Waals surface area contributed by atoms with Gasteiger partial charge >= 0.3 is 0 Å². The van der Waals surface area contributed by atoms with Crippen LogP contribution in [-0.2, 0) is 10.2 Å². The summed E-state index contributed by atoms with van der Waals surface area (Å²) in [5, 5.41) is 2.89. The normalized spacial score (nSPS) is 37.3. The zero-order chi connectivity index (χ0) is 18.4. The lowest BCUT2D eigenvalue weighted by Crippen LogP contribution is -2.50. The maximum Gasteiger partial charge on any atom is 0.263 e. The Bertz CT molecular complexity index is 746. The van der Waals surface area contributed by atoms with Crippen LogP contribution in [-0.4, -0.2) is 35.6 Å². The van der Waals surface area contributed by atoms with Gasteiger partial charge in [-0.3, -0.25) is 9.59 Å². The minimum absolute atomic E-state index is 0.0440. The molecule has 1 amide bonds. The fourth-order valence-electron chi connectivity index (χ4n) is 6.53. The van der Waals surface area contributed by atoms with E-state index in [0.29, 0.717) is 19.1 Å². The molecule has 6 heteroatoms. The van der Waals surface area contributed by atoms with E-state index in [-0.39, 0.29) is 22.4 Å². The minimum atomic E-state index is -0.327. The number of hydrogen-bond acceptors (Lipinski definition) is 4. The number of carbonyl (C=O) groups is 1. The Morgan fingerprint density at radius 1 is 1.22 bits per heavy atom. The highest BCUT2D eigenvalue weighted by molar-refractivity contribution is 5.93. The van der Waals surface area contributed by atoms with Crippen LogP contribution in [0.4, 0.5) is 0 Å². The summed E-state index contributed by atoms with van der Waals surface area (Å²) in [5.41, 5.74) is -0.129. The maximum atomic E-state index is 12.6. The predicted octanol–water partition coefficient (Wildman–Crippen LogP) is 2.39. The first-order chi connectivity index (χ1) is 13.1. The van der Waals surface area contributed by atoms with Gasteiger partial charge in [-0.05, 0) is 75.0 Å². The number of carbonyl (C=O) groups excluding carboxylic acids is 1. The van der Waals surface area contributed by atoms with E-state index < -0.39 is 0 Å². The van der Waals surface area contributed by atoms with Crippen LogP contribution in [0.15, 0.2) is 11.0 Å². The molecule has 0 radical (unpaired) electrons. The van der Waals surface area contributed by atoms with Gasteiger partial charge in [0.2, 0.25) is 0 Å². The standard InChI is InChI=1S/C21H29N3O3/c25-18(22-10-13-2-1-3-27-12-13)17-11-23-20(24-19(17)26)21-7-14-4-15(8-21)6-16(5-14)9-21/h11,13-16H,1-10,12H2,(H,22,25)(H,23,24,26)/t13-,14?,15?,16?,21?/m1/s1. The number of H-pyrrole nitrogens is 1. The van der Waals surface area contributed by atoms with E-state index in [4.69, 9.17) is 4.74 Å². The highest BCUT2D eigenvalue weighted by Crippen LogP contribution is 2.59. The van der Waals surface area contributed by atoms with E-state index in [9.17, 15) is 9.59 Å². The molecule has 1 atom stereocenters. The number of ether oxygens (including phenoxy) is 1. The third kappa shape index (κ3) is 3.22. The van der Waals surface area contributed by atoms with Crippen molar-refractivity contribution in [2.75, 3.05) is 19.8 Å². The van der Waals surface area contributed by atoms with Crippen molar-refractivity contribution < 1.29 is 9.53 Å². The zero-order valence-corrected chi connectivity index (χ0v) is 15.8. The Morgan fingerprint density at radius 2 is 1.93 bits per heavy atom. The van der Waals surface area contributed by atoms with Gasteiger partial charge in [0.1, 0.15) is 11.4 Å².